The summed E-state index contributed by atoms with van der Waals surface area (Å²) >= 11 is 0. The second kappa shape index (κ2) is 8.95. The monoisotopic (exact) mass is 418 g/mol. The molecule has 1 atom stereocenters. The van der Waals surface area contributed by atoms with Gasteiger partial charge in [-0.2, -0.15) is 0 Å². The predicted octanol–water partition coefficient (Wildman–Crippen LogP) is 4.22. The van der Waals surface area contributed by atoms with E-state index in [-0.39, 0.29) is 0 Å². The lowest BCUT2D eigenvalue weighted by Crippen LogP contribution is -2.41. The third kappa shape index (κ3) is 4.05. The molecule has 0 spiro atoms. The zero-order chi connectivity index (χ0) is 21.2. The van der Waals surface area contributed by atoms with Crippen LogP contribution in [0.25, 0.3) is 11.0 Å². The number of rotatable bonds is 5. The fourth-order valence-electron chi connectivity index (χ4n) is 5.41. The quantitative estimate of drug-likeness (QED) is 0.683. The van der Waals surface area contributed by atoms with Crippen molar-refractivity contribution < 1.29 is 0 Å². The molecule has 2 aliphatic heterocycles. The number of piperidine rings is 1. The molecule has 0 N–H and O–H groups in total. The molecule has 2 fully saturated rings. The maximum Gasteiger partial charge on any atom is 0.146 e. The smallest absolute Gasteiger partial charge is 0.146 e. The Hall–Kier alpha value is -2.47. The number of fused-ring (bicyclic) bond motifs is 3. The average Bonchev–Trinajstić information content (AvgIpc) is 2.99. The van der Waals surface area contributed by atoms with Crippen LogP contribution in [0.1, 0.15) is 56.3 Å². The first-order valence-electron chi connectivity index (χ1n) is 11.9. The van der Waals surface area contributed by atoms with Crippen LogP contribution in [0.15, 0.2) is 40.2 Å². The normalized spacial score (nSPS) is 23.7. The van der Waals surface area contributed by atoms with E-state index in [1.807, 2.05) is 13.1 Å². The number of benzene rings is 1. The summed E-state index contributed by atoms with van der Waals surface area (Å²) in [6, 6.07) is 7.80. The van der Waals surface area contributed by atoms with Gasteiger partial charge in [0.15, 0.2) is 0 Å². The fraction of sp³-hybridized carbons (Fsp3) is 0.560. The third-order valence-corrected chi connectivity index (χ3v) is 7.39. The van der Waals surface area contributed by atoms with Crippen molar-refractivity contribution in [1.29, 1.82) is 0 Å². The molecular weight excluding hydrogens is 384 g/mol. The summed E-state index contributed by atoms with van der Waals surface area (Å²) < 4.78 is 2.47. The highest BCUT2D eigenvalue weighted by Gasteiger charge is 2.28. The molecule has 6 heteroatoms. The lowest BCUT2D eigenvalue weighted by Gasteiger charge is -2.36. The molecule has 1 aromatic heterocycles. The van der Waals surface area contributed by atoms with Crippen LogP contribution in [-0.4, -0.2) is 64.5 Å². The Morgan fingerprint density at radius 2 is 2.03 bits per heavy atom. The van der Waals surface area contributed by atoms with E-state index < -0.39 is 0 Å². The standard InChI is InChI=1S/C25H34N6/c1-3-27-17-25(26-2)30-12-5-6-20(18-30)19-9-10-23-22(16-19)28-24-11-13-29(14-15-31(23)24)21-7-4-8-21/h3,9-10,16-17,20-21H,2,4-8,11-15,18H2,1H3/b25-17+,27-3?. The van der Waals surface area contributed by atoms with Crippen molar-refractivity contribution in [3.8, 4) is 0 Å². The summed E-state index contributed by atoms with van der Waals surface area (Å²) in [5.74, 6) is 2.62. The maximum absolute atomic E-state index is 5.08. The number of likely N-dealkylation sites (tertiary alicyclic amines) is 1. The van der Waals surface area contributed by atoms with Crippen molar-refractivity contribution in [1.82, 2.24) is 19.4 Å². The summed E-state index contributed by atoms with van der Waals surface area (Å²) in [4.78, 5) is 18.5. The van der Waals surface area contributed by atoms with Crippen LogP contribution in [0.4, 0.5) is 0 Å². The molecule has 0 bridgehead atoms. The molecule has 2 aromatic rings. The van der Waals surface area contributed by atoms with Gasteiger partial charge in [0.1, 0.15) is 11.6 Å². The van der Waals surface area contributed by atoms with Gasteiger partial charge in [-0.1, -0.05) is 12.5 Å². The highest BCUT2D eigenvalue weighted by atomic mass is 15.2. The first-order chi connectivity index (χ1) is 15.3. The van der Waals surface area contributed by atoms with Crippen LogP contribution >= 0.6 is 0 Å². The van der Waals surface area contributed by atoms with Gasteiger partial charge in [0.05, 0.1) is 17.2 Å². The molecule has 6 nitrogen and oxygen atoms in total. The Morgan fingerprint density at radius 3 is 2.81 bits per heavy atom. The van der Waals surface area contributed by atoms with Crippen LogP contribution < -0.4 is 0 Å². The highest BCUT2D eigenvalue weighted by molar-refractivity contribution is 5.77. The van der Waals surface area contributed by atoms with Gasteiger partial charge in [0, 0.05) is 57.3 Å². The average molecular weight is 419 g/mol. The molecule has 164 valence electrons. The molecule has 1 saturated heterocycles. The number of hydrogen-bond donors (Lipinski definition) is 0. The van der Waals surface area contributed by atoms with Crippen molar-refractivity contribution in [3.05, 3.63) is 41.6 Å². The Kier molecular flexibility index (Phi) is 5.90. The minimum absolute atomic E-state index is 0.490. The van der Waals surface area contributed by atoms with Crippen LogP contribution in [0.5, 0.6) is 0 Å². The van der Waals surface area contributed by atoms with E-state index in [0.717, 1.165) is 62.9 Å². The molecule has 5 rings (SSSR count). The van der Waals surface area contributed by atoms with Crippen LogP contribution in [0.3, 0.4) is 0 Å². The number of imidazole rings is 1. The molecule has 0 radical (unpaired) electrons. The van der Waals surface area contributed by atoms with Gasteiger partial charge >= 0.3 is 0 Å². The van der Waals surface area contributed by atoms with Gasteiger partial charge in [-0.05, 0) is 57.0 Å². The third-order valence-electron chi connectivity index (χ3n) is 7.39. The first kappa shape index (κ1) is 20.4. The Bertz CT molecular complexity index is 999. The molecule has 3 aliphatic rings. The van der Waals surface area contributed by atoms with Gasteiger partial charge in [0.25, 0.3) is 0 Å². The van der Waals surface area contributed by atoms with Gasteiger partial charge in [0.2, 0.25) is 0 Å². The van der Waals surface area contributed by atoms with Gasteiger partial charge in [-0.3, -0.25) is 9.89 Å². The van der Waals surface area contributed by atoms with Crippen LogP contribution in [0.2, 0.25) is 0 Å². The summed E-state index contributed by atoms with van der Waals surface area (Å²) in [7, 11) is 0. The second-order valence-corrected chi connectivity index (χ2v) is 9.14. The van der Waals surface area contributed by atoms with Crippen molar-refractivity contribution in [2.24, 2.45) is 9.98 Å². The zero-order valence-electron chi connectivity index (χ0n) is 18.7. The Morgan fingerprint density at radius 1 is 1.13 bits per heavy atom. The SMILES string of the molecule is C=N/C(=C\N=CC)N1CCCC(c2ccc3c(c2)nc2n3CCN(C3CCC3)CC2)C1. The van der Waals surface area contributed by atoms with Crippen molar-refractivity contribution >= 4 is 24.0 Å². The van der Waals surface area contributed by atoms with E-state index >= 15 is 0 Å². The van der Waals surface area contributed by atoms with E-state index in [2.05, 4.69) is 49.3 Å². The minimum atomic E-state index is 0.490. The van der Waals surface area contributed by atoms with E-state index in [4.69, 9.17) is 4.98 Å². The Balaban J connectivity index is 1.34. The fourth-order valence-corrected chi connectivity index (χ4v) is 5.41. The largest absolute Gasteiger partial charge is 0.355 e. The topological polar surface area (TPSA) is 49.0 Å². The number of aromatic nitrogens is 2. The molecule has 1 saturated carbocycles. The van der Waals surface area contributed by atoms with E-state index in [9.17, 15) is 0 Å². The van der Waals surface area contributed by atoms with Crippen LogP contribution in [-0.2, 0) is 13.0 Å². The van der Waals surface area contributed by atoms with Crippen molar-refractivity contribution in [2.75, 3.05) is 26.2 Å². The lowest BCUT2D eigenvalue weighted by atomic mass is 9.90. The second-order valence-electron chi connectivity index (χ2n) is 9.14. The minimum Gasteiger partial charge on any atom is -0.355 e. The van der Waals surface area contributed by atoms with E-state index in [1.54, 1.807) is 6.21 Å². The summed E-state index contributed by atoms with van der Waals surface area (Å²) in [5, 5.41) is 0. The Labute approximate surface area is 185 Å². The molecule has 3 heterocycles. The highest BCUT2D eigenvalue weighted by Crippen LogP contribution is 2.32. The first-order valence-corrected chi connectivity index (χ1v) is 11.9. The molecule has 1 aromatic carbocycles. The van der Waals surface area contributed by atoms with Gasteiger partial charge < -0.3 is 9.47 Å². The maximum atomic E-state index is 5.08. The molecule has 1 aliphatic carbocycles. The van der Waals surface area contributed by atoms with E-state index in [0.29, 0.717) is 5.92 Å². The number of nitrogens with zero attached hydrogens (tertiary/aromatic N) is 6. The van der Waals surface area contributed by atoms with E-state index in [1.165, 1.54) is 42.6 Å². The number of hydrogen-bond acceptors (Lipinski definition) is 5. The summed E-state index contributed by atoms with van der Waals surface area (Å²) in [6.45, 7) is 11.0. The molecular formula is C25H34N6. The van der Waals surface area contributed by atoms with Gasteiger partial charge in [-0.15, -0.1) is 0 Å². The number of aliphatic imine (C=N–C) groups is 2. The van der Waals surface area contributed by atoms with Crippen molar-refractivity contribution in [2.45, 2.75) is 64.0 Å². The molecule has 0 amide bonds. The molecule has 31 heavy (non-hydrogen) atoms. The van der Waals surface area contributed by atoms with Crippen LogP contribution in [0, 0.1) is 0 Å². The summed E-state index contributed by atoms with van der Waals surface area (Å²) in [5.41, 5.74) is 3.85. The molecule has 1 unspecified atom stereocenters. The lowest BCUT2D eigenvalue weighted by molar-refractivity contribution is 0.130. The predicted molar refractivity (Wildman–Crippen MR) is 128 cm³/mol. The van der Waals surface area contributed by atoms with Gasteiger partial charge in [-0.25, -0.2) is 9.98 Å². The zero-order valence-corrected chi connectivity index (χ0v) is 18.7. The van der Waals surface area contributed by atoms with Crippen molar-refractivity contribution in [3.63, 3.8) is 0 Å². The summed E-state index contributed by atoms with van der Waals surface area (Å²) in [6.07, 6.45) is 11.2.